The number of hydrogen-bond donors (Lipinski definition) is 0. The zero-order chi connectivity index (χ0) is 19.6. The highest BCUT2D eigenvalue weighted by Crippen LogP contribution is 2.76. The molecule has 2 bridgehead atoms. The maximum Gasteiger partial charge on any atom is 0.313 e. The Kier molecular flexibility index (Phi) is 3.38. The maximum atomic E-state index is 14.0. The third-order valence-corrected chi connectivity index (χ3v) is 10.6. The van der Waals surface area contributed by atoms with E-state index in [1.54, 1.807) is 11.8 Å². The Morgan fingerprint density at radius 1 is 1.19 bits per heavy atom. The number of carbonyl (C=O) groups is 3. The zero-order valence-corrected chi connectivity index (χ0v) is 17.8. The molecule has 0 aromatic carbocycles. The summed E-state index contributed by atoms with van der Waals surface area (Å²) in [5.41, 5.74) is -2.24. The fourth-order valence-corrected chi connectivity index (χ4v) is 9.21. The topological polar surface area (TPSA) is 60.4 Å². The second-order valence-corrected chi connectivity index (χ2v) is 11.5. The van der Waals surface area contributed by atoms with Crippen LogP contribution in [0.3, 0.4) is 0 Å². The van der Waals surface area contributed by atoms with E-state index in [-0.39, 0.29) is 52.1 Å². The van der Waals surface area contributed by atoms with Crippen LogP contribution in [0.5, 0.6) is 0 Å². The van der Waals surface area contributed by atoms with Gasteiger partial charge in [-0.25, -0.2) is 0 Å². The highest BCUT2D eigenvalue weighted by molar-refractivity contribution is 8.00. The fraction of sp³-hybridized carbons (Fsp3) is 0.864. The molecular formula is C22H30O4S. The first kappa shape index (κ1) is 18.2. The second-order valence-electron chi connectivity index (χ2n) is 10.5. The molecule has 5 heteroatoms. The third-order valence-electron chi connectivity index (χ3n) is 9.57. The van der Waals surface area contributed by atoms with Crippen LogP contribution in [-0.4, -0.2) is 35.1 Å². The quantitative estimate of drug-likeness (QED) is 0.532. The second kappa shape index (κ2) is 5.01. The summed E-state index contributed by atoms with van der Waals surface area (Å²) in [5.74, 6) is 0.192. The molecule has 0 amide bonds. The van der Waals surface area contributed by atoms with Crippen molar-refractivity contribution >= 4 is 29.3 Å². The highest BCUT2D eigenvalue weighted by atomic mass is 32.2. The molecule has 1 spiro atoms. The largest absolute Gasteiger partial charge is 0.461 e. The van der Waals surface area contributed by atoms with Gasteiger partial charge in [-0.05, 0) is 50.2 Å². The van der Waals surface area contributed by atoms with Gasteiger partial charge in [0.1, 0.15) is 6.10 Å². The lowest BCUT2D eigenvalue weighted by Gasteiger charge is -2.67. The Bertz CT molecular complexity index is 774. The van der Waals surface area contributed by atoms with Gasteiger partial charge in [-0.2, -0.15) is 11.8 Å². The number of ether oxygens (including phenoxy) is 1. The van der Waals surface area contributed by atoms with Gasteiger partial charge in [0.2, 0.25) is 0 Å². The van der Waals surface area contributed by atoms with Crippen LogP contribution in [0.1, 0.15) is 59.8 Å². The van der Waals surface area contributed by atoms with Crippen LogP contribution in [0.15, 0.2) is 0 Å². The van der Waals surface area contributed by atoms with Gasteiger partial charge in [0.25, 0.3) is 0 Å². The van der Waals surface area contributed by atoms with Crippen molar-refractivity contribution in [3.8, 4) is 0 Å². The van der Waals surface area contributed by atoms with Crippen molar-refractivity contribution in [3.63, 3.8) is 0 Å². The zero-order valence-electron chi connectivity index (χ0n) is 17.0. The predicted octanol–water partition coefficient (Wildman–Crippen LogP) is 3.66. The Labute approximate surface area is 165 Å². The normalized spacial score (nSPS) is 54.7. The van der Waals surface area contributed by atoms with Crippen molar-refractivity contribution in [2.45, 2.75) is 71.2 Å². The molecular weight excluding hydrogens is 360 g/mol. The van der Waals surface area contributed by atoms with Crippen LogP contribution in [0, 0.1) is 39.4 Å². The number of thioether (sulfide) groups is 1. The summed E-state index contributed by atoms with van der Waals surface area (Å²) >= 11 is 1.56. The molecule has 8 atom stereocenters. The third kappa shape index (κ3) is 1.70. The van der Waals surface area contributed by atoms with Crippen molar-refractivity contribution < 1.29 is 19.1 Å². The molecule has 1 aliphatic heterocycles. The van der Waals surface area contributed by atoms with Crippen LogP contribution in [0.2, 0.25) is 0 Å². The highest BCUT2D eigenvalue weighted by Gasteiger charge is 2.82. The van der Waals surface area contributed by atoms with E-state index in [4.69, 9.17) is 4.74 Å². The average Bonchev–Trinajstić information content (AvgIpc) is 3.30. The van der Waals surface area contributed by atoms with Gasteiger partial charge in [0.05, 0.1) is 16.1 Å². The molecule has 148 valence electrons. The minimum Gasteiger partial charge on any atom is -0.461 e. The number of Topliss-reactive ketones (excluding diaryl/α,β-unsaturated/α-hetero) is 2. The maximum absolute atomic E-state index is 14.0. The summed E-state index contributed by atoms with van der Waals surface area (Å²) in [6.07, 6.45) is 5.81. The first-order valence-corrected chi connectivity index (χ1v) is 11.7. The van der Waals surface area contributed by atoms with E-state index in [1.807, 2.05) is 20.1 Å². The standard InChI is InChI=1S/C22H30O4S/c1-6-21-12-9-11-7-8-22(12,17(24)19(11,2)3)16(23)14(27-5)15(21)20(4)10-13(20)26-18(21)25/h11-15H,6-10H2,1-5H3. The van der Waals surface area contributed by atoms with Gasteiger partial charge in [-0.15, -0.1) is 0 Å². The molecule has 0 aromatic rings. The van der Waals surface area contributed by atoms with Crippen molar-refractivity contribution in [2.24, 2.45) is 39.4 Å². The monoisotopic (exact) mass is 390 g/mol. The summed E-state index contributed by atoms with van der Waals surface area (Å²) in [5, 5.41) is -0.279. The van der Waals surface area contributed by atoms with Crippen molar-refractivity contribution in [1.82, 2.24) is 0 Å². The lowest BCUT2D eigenvalue weighted by atomic mass is 9.35. The molecule has 5 aliphatic carbocycles. The molecule has 4 nitrogen and oxygen atoms in total. The van der Waals surface area contributed by atoms with Gasteiger partial charge in [0.15, 0.2) is 11.6 Å². The van der Waals surface area contributed by atoms with Gasteiger partial charge >= 0.3 is 5.97 Å². The summed E-state index contributed by atoms with van der Waals surface area (Å²) < 4.78 is 5.92. The Balaban J connectivity index is 1.77. The Morgan fingerprint density at radius 2 is 1.89 bits per heavy atom. The van der Waals surface area contributed by atoms with E-state index in [2.05, 4.69) is 13.8 Å². The Hall–Kier alpha value is -0.840. The Morgan fingerprint density at radius 3 is 2.52 bits per heavy atom. The molecule has 8 unspecified atom stereocenters. The van der Waals surface area contributed by atoms with E-state index in [0.717, 1.165) is 19.3 Å². The molecule has 0 aromatic heterocycles. The predicted molar refractivity (Wildman–Crippen MR) is 103 cm³/mol. The summed E-state index contributed by atoms with van der Waals surface area (Å²) in [7, 11) is 0. The van der Waals surface area contributed by atoms with Crippen molar-refractivity contribution in [1.29, 1.82) is 0 Å². The van der Waals surface area contributed by atoms with Crippen molar-refractivity contribution in [2.75, 3.05) is 6.26 Å². The molecule has 6 aliphatic rings. The first-order valence-electron chi connectivity index (χ1n) is 10.5. The molecule has 27 heavy (non-hydrogen) atoms. The van der Waals surface area contributed by atoms with Crippen molar-refractivity contribution in [3.05, 3.63) is 0 Å². The molecule has 6 rings (SSSR count). The van der Waals surface area contributed by atoms with Gasteiger partial charge in [-0.1, -0.05) is 27.7 Å². The minimum atomic E-state index is -0.977. The van der Waals surface area contributed by atoms with Gasteiger partial charge in [0, 0.05) is 16.7 Å². The summed E-state index contributed by atoms with van der Waals surface area (Å²) in [6.45, 7) is 8.29. The number of rotatable bonds is 2. The number of fused-ring (bicyclic) bond motifs is 5. The number of esters is 1. The van der Waals surface area contributed by atoms with Crippen LogP contribution in [0.25, 0.3) is 0 Å². The minimum absolute atomic E-state index is 0.00497. The first-order chi connectivity index (χ1) is 12.6. The molecule has 0 N–H and O–H groups in total. The smallest absolute Gasteiger partial charge is 0.313 e. The number of hydrogen-bond acceptors (Lipinski definition) is 5. The van der Waals surface area contributed by atoms with Gasteiger partial charge < -0.3 is 4.74 Å². The molecule has 0 radical (unpaired) electrons. The van der Waals surface area contributed by atoms with Gasteiger partial charge in [-0.3, -0.25) is 14.4 Å². The van der Waals surface area contributed by atoms with E-state index < -0.39 is 16.2 Å². The van der Waals surface area contributed by atoms with E-state index >= 15 is 0 Å². The number of carbonyl (C=O) groups excluding carboxylic acids is 3. The van der Waals surface area contributed by atoms with Crippen LogP contribution in [-0.2, 0) is 19.1 Å². The molecule has 6 fully saturated rings. The lowest BCUT2D eigenvalue weighted by Crippen LogP contribution is -2.75. The van der Waals surface area contributed by atoms with E-state index in [1.165, 1.54) is 0 Å². The van der Waals surface area contributed by atoms with E-state index in [0.29, 0.717) is 12.8 Å². The number of ketones is 2. The van der Waals surface area contributed by atoms with E-state index in [9.17, 15) is 14.4 Å². The molecule has 5 saturated carbocycles. The molecule has 1 heterocycles. The lowest BCUT2D eigenvalue weighted by molar-refractivity contribution is -0.217. The molecule has 1 saturated heterocycles. The van der Waals surface area contributed by atoms with Crippen LogP contribution in [0.4, 0.5) is 0 Å². The van der Waals surface area contributed by atoms with Crippen LogP contribution >= 0.6 is 11.8 Å². The SMILES string of the molecule is CCC12C(=O)OC3CC3(C)C1C(SC)C(=O)C13CCC(CC12)C(C)(C)C3=O. The van der Waals surface area contributed by atoms with Crippen LogP contribution < -0.4 is 0 Å². The fourth-order valence-electron chi connectivity index (χ4n) is 7.96. The average molecular weight is 391 g/mol. The summed E-state index contributed by atoms with van der Waals surface area (Å²) in [6, 6.07) is 0. The summed E-state index contributed by atoms with van der Waals surface area (Å²) in [4.78, 5) is 41.2.